The quantitative estimate of drug-likeness (QED) is 0.742. The summed E-state index contributed by atoms with van der Waals surface area (Å²) < 4.78 is 6.15. The first-order chi connectivity index (χ1) is 10.7. The SMILES string of the molecule is COc1ccc(/C=C/C(=O)Nc2nc3ccccc3s2)cc1. The van der Waals surface area contributed by atoms with Crippen LogP contribution in [0.3, 0.4) is 0 Å². The number of amides is 1. The van der Waals surface area contributed by atoms with Crippen molar-refractivity contribution in [3.05, 3.63) is 60.2 Å². The molecule has 3 rings (SSSR count). The van der Waals surface area contributed by atoms with Crippen molar-refractivity contribution in [2.45, 2.75) is 0 Å². The molecule has 0 radical (unpaired) electrons. The monoisotopic (exact) mass is 310 g/mol. The van der Waals surface area contributed by atoms with E-state index >= 15 is 0 Å². The maximum absolute atomic E-state index is 11.9. The lowest BCUT2D eigenvalue weighted by molar-refractivity contribution is -0.111. The van der Waals surface area contributed by atoms with Crippen LogP contribution < -0.4 is 10.1 Å². The number of methoxy groups -OCH3 is 1. The molecule has 110 valence electrons. The molecule has 1 N–H and O–H groups in total. The van der Waals surface area contributed by atoms with Crippen molar-refractivity contribution < 1.29 is 9.53 Å². The number of benzene rings is 2. The summed E-state index contributed by atoms with van der Waals surface area (Å²) in [5.41, 5.74) is 1.82. The zero-order chi connectivity index (χ0) is 15.4. The number of ether oxygens (including phenoxy) is 1. The second-order valence-electron chi connectivity index (χ2n) is 4.58. The zero-order valence-corrected chi connectivity index (χ0v) is 12.8. The van der Waals surface area contributed by atoms with Gasteiger partial charge in [0.05, 0.1) is 17.3 Å². The Morgan fingerprint density at radius 1 is 1.18 bits per heavy atom. The van der Waals surface area contributed by atoms with Crippen LogP contribution in [-0.2, 0) is 4.79 Å². The first-order valence-electron chi connectivity index (χ1n) is 6.73. The van der Waals surface area contributed by atoms with Gasteiger partial charge in [0.15, 0.2) is 5.13 Å². The normalized spacial score (nSPS) is 11.0. The van der Waals surface area contributed by atoms with E-state index in [0.29, 0.717) is 5.13 Å². The van der Waals surface area contributed by atoms with Gasteiger partial charge in [-0.2, -0.15) is 0 Å². The number of thiazole rings is 1. The summed E-state index contributed by atoms with van der Waals surface area (Å²) >= 11 is 1.46. The Morgan fingerprint density at radius 2 is 1.95 bits per heavy atom. The highest BCUT2D eigenvalue weighted by atomic mass is 32.1. The Balaban J connectivity index is 1.67. The highest BCUT2D eigenvalue weighted by Gasteiger charge is 2.04. The van der Waals surface area contributed by atoms with Crippen LogP contribution in [0.2, 0.25) is 0 Å². The number of hydrogen-bond acceptors (Lipinski definition) is 4. The van der Waals surface area contributed by atoms with Gasteiger partial charge < -0.3 is 4.74 Å². The highest BCUT2D eigenvalue weighted by molar-refractivity contribution is 7.22. The number of para-hydroxylation sites is 1. The van der Waals surface area contributed by atoms with Gasteiger partial charge in [-0.15, -0.1) is 0 Å². The molecule has 0 aliphatic rings. The summed E-state index contributed by atoms with van der Waals surface area (Å²) in [5, 5.41) is 3.38. The predicted octanol–water partition coefficient (Wildman–Crippen LogP) is 3.96. The van der Waals surface area contributed by atoms with Crippen molar-refractivity contribution in [2.75, 3.05) is 12.4 Å². The maximum atomic E-state index is 11.9. The van der Waals surface area contributed by atoms with Crippen LogP contribution in [0.4, 0.5) is 5.13 Å². The minimum absolute atomic E-state index is 0.199. The molecule has 5 heteroatoms. The fraction of sp³-hybridized carbons (Fsp3) is 0.0588. The lowest BCUT2D eigenvalue weighted by Gasteiger charge is -1.99. The molecule has 22 heavy (non-hydrogen) atoms. The van der Waals surface area contributed by atoms with Crippen molar-refractivity contribution in [3.8, 4) is 5.75 Å². The smallest absolute Gasteiger partial charge is 0.250 e. The molecule has 0 saturated carbocycles. The van der Waals surface area contributed by atoms with Crippen molar-refractivity contribution in [3.63, 3.8) is 0 Å². The van der Waals surface area contributed by atoms with E-state index in [9.17, 15) is 4.79 Å². The van der Waals surface area contributed by atoms with Gasteiger partial charge in [-0.25, -0.2) is 4.98 Å². The van der Waals surface area contributed by atoms with Gasteiger partial charge in [0.2, 0.25) is 5.91 Å². The molecule has 4 nitrogen and oxygen atoms in total. The molecule has 2 aromatic carbocycles. The third kappa shape index (κ3) is 3.32. The van der Waals surface area contributed by atoms with E-state index in [1.807, 2.05) is 48.5 Å². The molecule has 0 saturated heterocycles. The second-order valence-corrected chi connectivity index (χ2v) is 5.61. The molecule has 0 unspecified atom stereocenters. The van der Waals surface area contributed by atoms with E-state index in [-0.39, 0.29) is 5.91 Å². The second kappa shape index (κ2) is 6.41. The van der Waals surface area contributed by atoms with Gasteiger partial charge >= 0.3 is 0 Å². The standard InChI is InChI=1S/C17H14N2O2S/c1-21-13-9-6-12(7-10-13)8-11-16(20)19-17-18-14-4-2-3-5-15(14)22-17/h2-11H,1H3,(H,18,19,20)/b11-8+. The Labute approximate surface area is 132 Å². The number of carbonyl (C=O) groups is 1. The molecule has 1 heterocycles. The molecule has 0 aliphatic heterocycles. The predicted molar refractivity (Wildman–Crippen MR) is 90.3 cm³/mol. The Bertz CT molecular complexity index is 789. The minimum Gasteiger partial charge on any atom is -0.497 e. The average Bonchev–Trinajstić information content (AvgIpc) is 2.95. The van der Waals surface area contributed by atoms with E-state index in [2.05, 4.69) is 10.3 Å². The van der Waals surface area contributed by atoms with E-state index in [0.717, 1.165) is 21.5 Å². The van der Waals surface area contributed by atoms with Crippen LogP contribution in [0.1, 0.15) is 5.56 Å². The molecule has 3 aromatic rings. The molecule has 0 aliphatic carbocycles. The van der Waals surface area contributed by atoms with Crippen molar-refractivity contribution in [1.82, 2.24) is 4.98 Å². The fourth-order valence-corrected chi connectivity index (χ4v) is 2.83. The Kier molecular flexibility index (Phi) is 4.16. The largest absolute Gasteiger partial charge is 0.497 e. The first-order valence-corrected chi connectivity index (χ1v) is 7.55. The molecule has 0 spiro atoms. The summed E-state index contributed by atoms with van der Waals surface area (Å²) in [7, 11) is 1.62. The summed E-state index contributed by atoms with van der Waals surface area (Å²) in [6.45, 7) is 0. The number of rotatable bonds is 4. The van der Waals surface area contributed by atoms with Gasteiger partial charge in [0.25, 0.3) is 0 Å². The summed E-state index contributed by atoms with van der Waals surface area (Å²) in [6.07, 6.45) is 3.25. The molecule has 1 aromatic heterocycles. The Morgan fingerprint density at radius 3 is 2.68 bits per heavy atom. The average molecular weight is 310 g/mol. The summed E-state index contributed by atoms with van der Waals surface area (Å²) in [6, 6.07) is 15.3. The van der Waals surface area contributed by atoms with Crippen molar-refractivity contribution in [1.29, 1.82) is 0 Å². The summed E-state index contributed by atoms with van der Waals surface area (Å²) in [5.74, 6) is 0.589. The number of anilines is 1. The highest BCUT2D eigenvalue weighted by Crippen LogP contribution is 2.25. The van der Waals surface area contributed by atoms with Crippen LogP contribution >= 0.6 is 11.3 Å². The number of aromatic nitrogens is 1. The number of nitrogens with zero attached hydrogens (tertiary/aromatic N) is 1. The van der Waals surface area contributed by atoms with E-state index < -0.39 is 0 Å². The van der Waals surface area contributed by atoms with E-state index in [1.165, 1.54) is 17.4 Å². The van der Waals surface area contributed by atoms with Crippen LogP contribution in [0.15, 0.2) is 54.6 Å². The number of carbonyl (C=O) groups excluding carboxylic acids is 1. The van der Waals surface area contributed by atoms with Gasteiger partial charge in [-0.3, -0.25) is 10.1 Å². The summed E-state index contributed by atoms with van der Waals surface area (Å²) in [4.78, 5) is 16.3. The van der Waals surface area contributed by atoms with Crippen LogP contribution in [0, 0.1) is 0 Å². The van der Waals surface area contributed by atoms with Gasteiger partial charge in [0, 0.05) is 6.08 Å². The lowest BCUT2D eigenvalue weighted by Crippen LogP contribution is -2.07. The third-order valence-electron chi connectivity index (χ3n) is 3.07. The minimum atomic E-state index is -0.199. The van der Waals surface area contributed by atoms with Gasteiger partial charge in [-0.1, -0.05) is 35.6 Å². The lowest BCUT2D eigenvalue weighted by atomic mass is 10.2. The number of nitrogens with one attached hydrogen (secondary N) is 1. The van der Waals surface area contributed by atoms with Crippen LogP contribution in [0.5, 0.6) is 5.75 Å². The fourth-order valence-electron chi connectivity index (χ4n) is 1.96. The zero-order valence-electron chi connectivity index (χ0n) is 11.9. The Hall–Kier alpha value is -2.66. The molecule has 1 amide bonds. The number of fused-ring (bicyclic) bond motifs is 1. The van der Waals surface area contributed by atoms with E-state index in [1.54, 1.807) is 13.2 Å². The third-order valence-corrected chi connectivity index (χ3v) is 4.02. The maximum Gasteiger partial charge on any atom is 0.250 e. The van der Waals surface area contributed by atoms with Gasteiger partial charge in [0.1, 0.15) is 5.75 Å². The molecular weight excluding hydrogens is 296 g/mol. The molecular formula is C17H14N2O2S. The van der Waals surface area contributed by atoms with Gasteiger partial charge in [-0.05, 0) is 35.9 Å². The van der Waals surface area contributed by atoms with E-state index in [4.69, 9.17) is 4.74 Å². The molecule has 0 fully saturated rings. The molecule has 0 atom stereocenters. The first kappa shape index (κ1) is 14.3. The van der Waals surface area contributed by atoms with Crippen LogP contribution in [0.25, 0.3) is 16.3 Å². The van der Waals surface area contributed by atoms with Crippen molar-refractivity contribution >= 4 is 38.7 Å². The topological polar surface area (TPSA) is 51.2 Å². The molecule has 0 bridgehead atoms. The van der Waals surface area contributed by atoms with Crippen molar-refractivity contribution in [2.24, 2.45) is 0 Å². The number of hydrogen-bond donors (Lipinski definition) is 1. The van der Waals surface area contributed by atoms with Crippen LogP contribution in [-0.4, -0.2) is 18.0 Å².